The Morgan fingerprint density at radius 3 is 1.53 bits per heavy atom. The summed E-state index contributed by atoms with van der Waals surface area (Å²) in [6, 6.07) is 6.75. The number of hydrogen-bond donors (Lipinski definition) is 2. The van der Waals surface area contributed by atoms with Crippen molar-refractivity contribution in [2.24, 2.45) is 0 Å². The fourth-order valence-electron chi connectivity index (χ4n) is 5.01. The molecule has 2 aromatic heterocycles. The van der Waals surface area contributed by atoms with Gasteiger partial charge in [0, 0.05) is 63.0 Å². The molecule has 3 aromatic rings. The highest BCUT2D eigenvalue weighted by Gasteiger charge is 2.16. The van der Waals surface area contributed by atoms with Crippen molar-refractivity contribution in [3.63, 3.8) is 0 Å². The van der Waals surface area contributed by atoms with Crippen LogP contribution >= 0.6 is 0 Å². The summed E-state index contributed by atoms with van der Waals surface area (Å²) in [6.07, 6.45) is 10.3. The average Bonchev–Trinajstić information content (AvgIpc) is 3.26. The van der Waals surface area contributed by atoms with Crippen LogP contribution in [0, 0.1) is 0 Å². The Labute approximate surface area is 210 Å². The lowest BCUT2D eigenvalue weighted by molar-refractivity contribution is 0.0942. The van der Waals surface area contributed by atoms with Gasteiger partial charge in [-0.25, -0.2) is 0 Å². The SMILES string of the molecule is O=C(NCCc1nnc2n1CCCCC2)c1ccc(C(=O)NCCc2nnc3n2CCCCC3)cc1. The van der Waals surface area contributed by atoms with E-state index in [1.165, 1.54) is 12.8 Å². The molecule has 0 atom stereocenters. The number of aryl methyl sites for hydroxylation is 2. The molecule has 4 heterocycles. The zero-order valence-electron chi connectivity index (χ0n) is 20.7. The molecule has 0 saturated carbocycles. The van der Waals surface area contributed by atoms with Gasteiger partial charge in [-0.05, 0) is 49.9 Å². The maximum atomic E-state index is 12.6. The summed E-state index contributed by atoms with van der Waals surface area (Å²) < 4.78 is 4.40. The number of aromatic nitrogens is 6. The zero-order valence-corrected chi connectivity index (χ0v) is 20.7. The van der Waals surface area contributed by atoms with Crippen molar-refractivity contribution in [3.05, 3.63) is 58.7 Å². The number of amides is 2. The summed E-state index contributed by atoms with van der Waals surface area (Å²) in [7, 11) is 0. The van der Waals surface area contributed by atoms with E-state index in [1.54, 1.807) is 24.3 Å². The van der Waals surface area contributed by atoms with E-state index in [9.17, 15) is 9.59 Å². The van der Waals surface area contributed by atoms with Crippen LogP contribution in [0.1, 0.15) is 82.5 Å². The number of nitrogens with one attached hydrogen (secondary N) is 2. The molecule has 0 bridgehead atoms. The third-order valence-corrected chi connectivity index (χ3v) is 7.05. The fraction of sp³-hybridized carbons (Fsp3) is 0.538. The molecule has 2 amide bonds. The Balaban J connectivity index is 1.08. The van der Waals surface area contributed by atoms with Crippen molar-refractivity contribution < 1.29 is 9.59 Å². The van der Waals surface area contributed by atoms with Crippen LogP contribution in [0.5, 0.6) is 0 Å². The molecule has 36 heavy (non-hydrogen) atoms. The predicted octanol–water partition coefficient (Wildman–Crippen LogP) is 2.27. The lowest BCUT2D eigenvalue weighted by Crippen LogP contribution is -2.28. The van der Waals surface area contributed by atoms with Crippen LogP contribution in [0.4, 0.5) is 0 Å². The van der Waals surface area contributed by atoms with Crippen LogP contribution in [-0.2, 0) is 38.8 Å². The molecule has 0 saturated heterocycles. The fourth-order valence-corrected chi connectivity index (χ4v) is 5.01. The van der Waals surface area contributed by atoms with Gasteiger partial charge in [0.15, 0.2) is 0 Å². The standard InChI is InChI=1S/C26H34N8O2/c35-25(27-15-13-23-31-29-21-7-3-1-5-17-33(21)23)19-9-11-20(12-10-19)26(36)28-16-14-24-32-30-22-8-4-2-6-18-34(22)24/h9-12H,1-8,13-18H2,(H,27,35)(H,28,36). The molecule has 0 radical (unpaired) electrons. The predicted molar refractivity (Wildman–Crippen MR) is 134 cm³/mol. The Kier molecular flexibility index (Phi) is 7.68. The van der Waals surface area contributed by atoms with Gasteiger partial charge in [0.2, 0.25) is 0 Å². The Morgan fingerprint density at radius 1 is 0.639 bits per heavy atom. The van der Waals surface area contributed by atoms with Crippen molar-refractivity contribution >= 4 is 11.8 Å². The number of rotatable bonds is 8. The van der Waals surface area contributed by atoms with Gasteiger partial charge in [-0.3, -0.25) is 9.59 Å². The van der Waals surface area contributed by atoms with Gasteiger partial charge in [0.25, 0.3) is 11.8 Å². The van der Waals surface area contributed by atoms with Crippen molar-refractivity contribution in [3.8, 4) is 0 Å². The molecule has 0 unspecified atom stereocenters. The molecule has 2 aliphatic heterocycles. The number of carbonyl (C=O) groups is 2. The van der Waals surface area contributed by atoms with Crippen molar-refractivity contribution in [2.75, 3.05) is 13.1 Å². The van der Waals surface area contributed by atoms with E-state index in [0.29, 0.717) is 37.1 Å². The molecule has 0 fully saturated rings. The maximum absolute atomic E-state index is 12.6. The lowest BCUT2D eigenvalue weighted by Gasteiger charge is -2.09. The molecule has 2 aliphatic rings. The number of nitrogens with zero attached hydrogens (tertiary/aromatic N) is 6. The van der Waals surface area contributed by atoms with Gasteiger partial charge >= 0.3 is 0 Å². The average molecular weight is 491 g/mol. The van der Waals surface area contributed by atoms with E-state index in [-0.39, 0.29) is 11.8 Å². The summed E-state index contributed by atoms with van der Waals surface area (Å²) in [5, 5.41) is 23.2. The monoisotopic (exact) mass is 490 g/mol. The van der Waals surface area contributed by atoms with Crippen molar-refractivity contribution in [2.45, 2.75) is 77.3 Å². The van der Waals surface area contributed by atoms with Crippen LogP contribution < -0.4 is 10.6 Å². The van der Waals surface area contributed by atoms with Gasteiger partial charge in [-0.1, -0.05) is 12.8 Å². The second-order valence-electron chi connectivity index (χ2n) is 9.58. The Morgan fingerprint density at radius 2 is 1.08 bits per heavy atom. The van der Waals surface area contributed by atoms with Gasteiger partial charge in [0.05, 0.1) is 0 Å². The Hall–Kier alpha value is -3.56. The first-order valence-corrected chi connectivity index (χ1v) is 13.2. The van der Waals surface area contributed by atoms with Crippen LogP contribution in [0.25, 0.3) is 0 Å². The van der Waals surface area contributed by atoms with Gasteiger partial charge in [-0.2, -0.15) is 0 Å². The number of fused-ring (bicyclic) bond motifs is 2. The molecule has 0 aliphatic carbocycles. The van der Waals surface area contributed by atoms with Crippen LogP contribution in [-0.4, -0.2) is 54.4 Å². The van der Waals surface area contributed by atoms with E-state index in [0.717, 1.165) is 74.9 Å². The first-order valence-electron chi connectivity index (χ1n) is 13.2. The zero-order chi connectivity index (χ0) is 24.7. The third kappa shape index (κ3) is 5.63. The largest absolute Gasteiger partial charge is 0.352 e. The molecular formula is C26H34N8O2. The third-order valence-electron chi connectivity index (χ3n) is 7.05. The molecule has 0 spiro atoms. The summed E-state index contributed by atoms with van der Waals surface area (Å²) in [5.74, 6) is 3.65. The summed E-state index contributed by atoms with van der Waals surface area (Å²) in [5.41, 5.74) is 1.05. The molecule has 5 rings (SSSR count). The highest BCUT2D eigenvalue weighted by molar-refractivity contribution is 5.97. The molecule has 1 aromatic carbocycles. The Bertz CT molecular complexity index is 1100. The first kappa shape index (κ1) is 24.1. The van der Waals surface area contributed by atoms with Gasteiger partial charge in [-0.15, -0.1) is 20.4 Å². The highest BCUT2D eigenvalue weighted by atomic mass is 16.2. The van der Waals surface area contributed by atoms with E-state index in [4.69, 9.17) is 0 Å². The topological polar surface area (TPSA) is 120 Å². The summed E-state index contributed by atoms with van der Waals surface area (Å²) in [6.45, 7) is 2.89. The minimum atomic E-state index is -0.162. The molecular weight excluding hydrogens is 456 g/mol. The van der Waals surface area contributed by atoms with E-state index < -0.39 is 0 Å². The molecule has 190 valence electrons. The van der Waals surface area contributed by atoms with E-state index >= 15 is 0 Å². The van der Waals surface area contributed by atoms with Gasteiger partial charge in [0.1, 0.15) is 23.3 Å². The smallest absolute Gasteiger partial charge is 0.251 e. The molecule has 10 heteroatoms. The first-order chi connectivity index (χ1) is 17.7. The van der Waals surface area contributed by atoms with Gasteiger partial charge < -0.3 is 19.8 Å². The van der Waals surface area contributed by atoms with Crippen molar-refractivity contribution in [1.82, 2.24) is 40.2 Å². The number of hydrogen-bond acceptors (Lipinski definition) is 6. The second kappa shape index (κ2) is 11.5. The number of carbonyl (C=O) groups excluding carboxylic acids is 2. The van der Waals surface area contributed by atoms with Crippen LogP contribution in [0.15, 0.2) is 24.3 Å². The van der Waals surface area contributed by atoms with Crippen molar-refractivity contribution in [1.29, 1.82) is 0 Å². The maximum Gasteiger partial charge on any atom is 0.251 e. The highest BCUT2D eigenvalue weighted by Crippen LogP contribution is 2.16. The van der Waals surface area contributed by atoms with E-state index in [1.807, 2.05) is 0 Å². The normalized spacial score (nSPS) is 15.3. The molecule has 2 N–H and O–H groups in total. The van der Waals surface area contributed by atoms with Crippen LogP contribution in [0.2, 0.25) is 0 Å². The summed E-state index contributed by atoms with van der Waals surface area (Å²) in [4.78, 5) is 25.1. The van der Waals surface area contributed by atoms with Crippen LogP contribution in [0.3, 0.4) is 0 Å². The minimum absolute atomic E-state index is 0.162. The number of benzene rings is 1. The molecule has 10 nitrogen and oxygen atoms in total. The lowest BCUT2D eigenvalue weighted by atomic mass is 10.1. The second-order valence-corrected chi connectivity index (χ2v) is 9.58. The minimum Gasteiger partial charge on any atom is -0.352 e. The summed E-state index contributed by atoms with van der Waals surface area (Å²) >= 11 is 0. The van der Waals surface area contributed by atoms with E-state index in [2.05, 4.69) is 40.2 Å². The quantitative estimate of drug-likeness (QED) is 0.500.